The topological polar surface area (TPSA) is 23.8 Å². The van der Waals surface area contributed by atoms with E-state index in [1.54, 1.807) is 0 Å². The lowest BCUT2D eigenvalue weighted by Gasteiger charge is -2.40. The zero-order valence-corrected chi connectivity index (χ0v) is 8.26. The summed E-state index contributed by atoms with van der Waals surface area (Å²) in [6, 6.07) is 3.29. The summed E-state index contributed by atoms with van der Waals surface area (Å²) in [7, 11) is 2.14. The van der Waals surface area contributed by atoms with Gasteiger partial charge in [-0.25, -0.2) is 0 Å². The van der Waals surface area contributed by atoms with E-state index in [-0.39, 0.29) is 0 Å². The minimum absolute atomic E-state index is 0.523. The molecule has 0 atom stereocenters. The summed E-state index contributed by atoms with van der Waals surface area (Å²) < 4.78 is 0.844. The van der Waals surface area contributed by atoms with Gasteiger partial charge in [0.25, 0.3) is 0 Å². The van der Waals surface area contributed by atoms with Crippen LogP contribution in [0.1, 0.15) is 27.7 Å². The van der Waals surface area contributed by atoms with Crippen LogP contribution in [0.25, 0.3) is 0 Å². The fourth-order valence-corrected chi connectivity index (χ4v) is 1.11. The van der Waals surface area contributed by atoms with Crippen LogP contribution in [0.4, 0.5) is 0 Å². The van der Waals surface area contributed by atoms with Gasteiger partial charge in [-0.1, -0.05) is 0 Å². The molecule has 0 spiro atoms. The van der Waals surface area contributed by atoms with Gasteiger partial charge in [-0.2, -0.15) is 5.26 Å². The van der Waals surface area contributed by atoms with Crippen molar-refractivity contribution in [3.05, 3.63) is 0 Å². The van der Waals surface area contributed by atoms with Crippen LogP contribution in [-0.4, -0.2) is 30.2 Å². The van der Waals surface area contributed by atoms with Crippen LogP contribution in [0.2, 0.25) is 0 Å². The van der Waals surface area contributed by atoms with Crippen LogP contribution >= 0.6 is 0 Å². The third-order valence-corrected chi connectivity index (χ3v) is 2.77. The molecule has 0 aliphatic heterocycles. The van der Waals surface area contributed by atoms with Crippen molar-refractivity contribution in [2.45, 2.75) is 39.8 Å². The van der Waals surface area contributed by atoms with Gasteiger partial charge in [0, 0.05) is 0 Å². The van der Waals surface area contributed by atoms with Gasteiger partial charge in [0.2, 0.25) is 0 Å². The molecule has 64 valence electrons. The van der Waals surface area contributed by atoms with Crippen LogP contribution in [0, 0.1) is 11.3 Å². The molecule has 0 amide bonds. The maximum absolute atomic E-state index is 8.63. The van der Waals surface area contributed by atoms with E-state index in [2.05, 4.69) is 40.8 Å². The number of quaternary nitrogens is 1. The van der Waals surface area contributed by atoms with E-state index in [0.717, 1.165) is 4.48 Å². The molecule has 0 saturated carbocycles. The Morgan fingerprint density at radius 1 is 1.18 bits per heavy atom. The molecule has 0 aliphatic rings. The van der Waals surface area contributed by atoms with Gasteiger partial charge in [-0.3, -0.25) is 0 Å². The van der Waals surface area contributed by atoms with Gasteiger partial charge in [0.05, 0.1) is 19.1 Å². The molecule has 0 aromatic heterocycles. The quantitative estimate of drug-likeness (QED) is 0.450. The predicted octanol–water partition coefficient (Wildman–Crippen LogP) is 1.77. The van der Waals surface area contributed by atoms with Crippen molar-refractivity contribution in [2.75, 3.05) is 13.6 Å². The Bertz CT molecular complexity index is 145. The maximum atomic E-state index is 8.63. The van der Waals surface area contributed by atoms with E-state index < -0.39 is 0 Å². The van der Waals surface area contributed by atoms with Crippen molar-refractivity contribution in [3.63, 3.8) is 0 Å². The van der Waals surface area contributed by atoms with E-state index in [1.807, 2.05) is 0 Å². The summed E-state index contributed by atoms with van der Waals surface area (Å²) in [6.07, 6.45) is 0. The van der Waals surface area contributed by atoms with Crippen molar-refractivity contribution in [3.8, 4) is 6.07 Å². The first kappa shape index (κ1) is 10.4. The first-order valence-corrected chi connectivity index (χ1v) is 4.17. The lowest BCUT2D eigenvalue weighted by Crippen LogP contribution is -2.54. The maximum Gasteiger partial charge on any atom is 0.166 e. The molecule has 0 aromatic rings. The predicted molar refractivity (Wildman–Crippen MR) is 46.9 cm³/mol. The van der Waals surface area contributed by atoms with Crippen molar-refractivity contribution in [1.82, 2.24) is 0 Å². The molecule has 0 heterocycles. The normalized spacial score (nSPS) is 12.2. The summed E-state index contributed by atoms with van der Waals surface area (Å²) in [5.41, 5.74) is 0. The van der Waals surface area contributed by atoms with Crippen LogP contribution < -0.4 is 0 Å². The van der Waals surface area contributed by atoms with Crippen LogP contribution in [0.15, 0.2) is 0 Å². The molecule has 0 unspecified atom stereocenters. The minimum Gasteiger partial charge on any atom is -0.310 e. The summed E-state index contributed by atoms with van der Waals surface area (Å²) >= 11 is 0. The lowest BCUT2D eigenvalue weighted by molar-refractivity contribution is -0.943. The molecule has 0 N–H and O–H groups in total. The summed E-state index contributed by atoms with van der Waals surface area (Å²) in [5.74, 6) is 0. The highest BCUT2D eigenvalue weighted by Gasteiger charge is 2.28. The highest BCUT2D eigenvalue weighted by molar-refractivity contribution is 4.70. The van der Waals surface area contributed by atoms with Crippen molar-refractivity contribution in [2.24, 2.45) is 0 Å². The van der Waals surface area contributed by atoms with Crippen LogP contribution in [0.5, 0.6) is 0 Å². The number of hydrogen-bond acceptors (Lipinski definition) is 1. The monoisotopic (exact) mass is 155 g/mol. The van der Waals surface area contributed by atoms with Gasteiger partial charge < -0.3 is 4.48 Å². The third kappa shape index (κ3) is 2.20. The van der Waals surface area contributed by atoms with Crippen LogP contribution in [0.3, 0.4) is 0 Å². The van der Waals surface area contributed by atoms with Crippen LogP contribution in [-0.2, 0) is 0 Å². The van der Waals surface area contributed by atoms with E-state index in [9.17, 15) is 0 Å². The molecular formula is C9H19N2+. The van der Waals surface area contributed by atoms with Crippen molar-refractivity contribution in [1.29, 1.82) is 5.26 Å². The number of hydrogen-bond donors (Lipinski definition) is 0. The van der Waals surface area contributed by atoms with E-state index >= 15 is 0 Å². The Labute approximate surface area is 70.0 Å². The summed E-state index contributed by atoms with van der Waals surface area (Å²) in [6.45, 7) is 9.26. The van der Waals surface area contributed by atoms with E-state index in [4.69, 9.17) is 5.26 Å². The van der Waals surface area contributed by atoms with Gasteiger partial charge in [-0.15, -0.1) is 0 Å². The van der Waals surface area contributed by atoms with Gasteiger partial charge in [0.15, 0.2) is 6.54 Å². The van der Waals surface area contributed by atoms with E-state index in [1.165, 1.54) is 0 Å². The molecule has 2 nitrogen and oxygen atoms in total. The second-order valence-corrected chi connectivity index (χ2v) is 3.85. The van der Waals surface area contributed by atoms with E-state index in [0.29, 0.717) is 18.6 Å². The summed E-state index contributed by atoms with van der Waals surface area (Å²) in [5, 5.41) is 8.63. The second-order valence-electron chi connectivity index (χ2n) is 3.85. The Morgan fingerprint density at radius 2 is 1.55 bits per heavy atom. The molecular weight excluding hydrogens is 136 g/mol. The fraction of sp³-hybridized carbons (Fsp3) is 0.889. The SMILES string of the molecule is CC(C)[N+](C)(CC#N)C(C)C. The largest absolute Gasteiger partial charge is 0.310 e. The number of nitriles is 1. The average molecular weight is 155 g/mol. The standard InChI is InChI=1S/C9H19N2/c1-8(2)11(5,7-6-10)9(3)4/h8-9H,7H2,1-5H3/q+1. The number of rotatable bonds is 3. The molecule has 0 aliphatic carbocycles. The average Bonchev–Trinajstić information content (AvgIpc) is 1.87. The second kappa shape index (κ2) is 3.73. The Balaban J connectivity index is 4.41. The fourth-order valence-electron chi connectivity index (χ4n) is 1.11. The first-order valence-electron chi connectivity index (χ1n) is 4.17. The molecule has 11 heavy (non-hydrogen) atoms. The Kier molecular flexibility index (Phi) is 3.54. The minimum atomic E-state index is 0.523. The first-order chi connectivity index (χ1) is 4.95. The molecule has 0 saturated heterocycles. The highest BCUT2D eigenvalue weighted by Crippen LogP contribution is 2.14. The molecule has 2 heteroatoms. The third-order valence-electron chi connectivity index (χ3n) is 2.77. The molecule has 0 fully saturated rings. The highest BCUT2D eigenvalue weighted by atomic mass is 15.4. The Hall–Kier alpha value is -0.550. The zero-order chi connectivity index (χ0) is 9.07. The van der Waals surface area contributed by atoms with Crippen molar-refractivity contribution >= 4 is 0 Å². The molecule has 0 radical (unpaired) electrons. The lowest BCUT2D eigenvalue weighted by atomic mass is 10.2. The molecule has 0 aromatic carbocycles. The number of nitrogens with zero attached hydrogens (tertiary/aromatic N) is 2. The van der Waals surface area contributed by atoms with Gasteiger partial charge in [0.1, 0.15) is 6.07 Å². The zero-order valence-electron chi connectivity index (χ0n) is 8.26. The summed E-state index contributed by atoms with van der Waals surface area (Å²) in [4.78, 5) is 0. The van der Waals surface area contributed by atoms with Gasteiger partial charge >= 0.3 is 0 Å². The molecule has 0 rings (SSSR count). The molecule has 0 bridgehead atoms. The Morgan fingerprint density at radius 3 is 1.64 bits per heavy atom. The van der Waals surface area contributed by atoms with Crippen molar-refractivity contribution < 1.29 is 4.48 Å². The van der Waals surface area contributed by atoms with Gasteiger partial charge in [-0.05, 0) is 27.7 Å². The smallest absolute Gasteiger partial charge is 0.166 e.